The molecule has 0 spiro atoms. The number of unbranched alkanes of at least 4 members (excludes halogenated alkanes) is 1. The van der Waals surface area contributed by atoms with Crippen LogP contribution in [0.25, 0.3) is 11.1 Å². The van der Waals surface area contributed by atoms with Crippen LogP contribution >= 0.6 is 0 Å². The summed E-state index contributed by atoms with van der Waals surface area (Å²) in [6.45, 7) is 8.56. The Hall–Kier alpha value is -1.73. The highest BCUT2D eigenvalue weighted by molar-refractivity contribution is 7.89. The van der Waals surface area contributed by atoms with Crippen LogP contribution in [0.15, 0.2) is 53.4 Å². The summed E-state index contributed by atoms with van der Waals surface area (Å²) >= 11 is 0. The molecule has 0 unspecified atom stereocenters. The average Bonchev–Trinajstić information content (AvgIpc) is 2.85. The highest BCUT2D eigenvalue weighted by Gasteiger charge is 2.25. The van der Waals surface area contributed by atoms with Gasteiger partial charge in [0.15, 0.2) is 0 Å². The minimum absolute atomic E-state index is 0.332. The van der Waals surface area contributed by atoms with Gasteiger partial charge >= 0.3 is 0 Å². The van der Waals surface area contributed by atoms with Gasteiger partial charge in [-0.3, -0.25) is 0 Å². The van der Waals surface area contributed by atoms with Crippen molar-refractivity contribution in [3.05, 3.63) is 54.1 Å². The zero-order valence-electron chi connectivity index (χ0n) is 20.0. The second-order valence-electron chi connectivity index (χ2n) is 9.66. The van der Waals surface area contributed by atoms with Gasteiger partial charge < -0.3 is 9.80 Å². The van der Waals surface area contributed by atoms with Crippen LogP contribution in [-0.4, -0.2) is 63.5 Å². The van der Waals surface area contributed by atoms with Gasteiger partial charge in [-0.25, -0.2) is 13.1 Å². The first-order chi connectivity index (χ1) is 16.0. The third-order valence-corrected chi connectivity index (χ3v) is 8.68. The Morgan fingerprint density at radius 3 is 2.06 bits per heavy atom. The van der Waals surface area contributed by atoms with Crippen molar-refractivity contribution in [1.82, 2.24) is 14.5 Å². The third-order valence-electron chi connectivity index (χ3n) is 7.21. The van der Waals surface area contributed by atoms with E-state index >= 15 is 0 Å². The summed E-state index contributed by atoms with van der Waals surface area (Å²) in [4.78, 5) is 5.60. The van der Waals surface area contributed by atoms with Crippen molar-refractivity contribution < 1.29 is 8.42 Å². The minimum atomic E-state index is -3.46. The molecule has 2 aromatic carbocycles. The molecule has 0 saturated carbocycles. The van der Waals surface area contributed by atoms with E-state index in [1.807, 2.05) is 12.1 Å². The summed E-state index contributed by atoms with van der Waals surface area (Å²) in [5, 5.41) is 0. The first-order valence-electron chi connectivity index (χ1n) is 12.6. The van der Waals surface area contributed by atoms with Gasteiger partial charge in [0.2, 0.25) is 10.0 Å². The molecule has 0 amide bonds. The van der Waals surface area contributed by atoms with Gasteiger partial charge in [0.1, 0.15) is 0 Å². The lowest BCUT2D eigenvalue weighted by Gasteiger charge is -2.40. The predicted molar refractivity (Wildman–Crippen MR) is 136 cm³/mol. The molecule has 2 saturated heterocycles. The molecule has 2 aromatic rings. The maximum Gasteiger partial charge on any atom is 0.240 e. The lowest BCUT2D eigenvalue weighted by atomic mass is 10.00. The SMILES string of the molecule is Cc1ccc(-c2ccc(S(=O)(=O)NCCCCN3CCC(N4CCCCC4)CC3)cc2)cc1. The summed E-state index contributed by atoms with van der Waals surface area (Å²) < 4.78 is 28.1. The maximum absolute atomic E-state index is 12.6. The molecule has 4 rings (SSSR count). The van der Waals surface area contributed by atoms with E-state index in [2.05, 4.69) is 45.7 Å². The van der Waals surface area contributed by atoms with Gasteiger partial charge in [0.05, 0.1) is 4.90 Å². The number of benzene rings is 2. The van der Waals surface area contributed by atoms with Gasteiger partial charge in [0, 0.05) is 12.6 Å². The third kappa shape index (κ3) is 6.89. The molecule has 6 heteroatoms. The van der Waals surface area contributed by atoms with Crippen LogP contribution < -0.4 is 4.72 Å². The number of nitrogens with one attached hydrogen (secondary N) is 1. The zero-order chi connectivity index (χ0) is 23.1. The fourth-order valence-corrected chi connectivity index (χ4v) is 6.19. The molecule has 2 aliphatic heterocycles. The molecule has 2 heterocycles. The largest absolute Gasteiger partial charge is 0.303 e. The van der Waals surface area contributed by atoms with E-state index in [1.54, 1.807) is 12.1 Å². The number of likely N-dealkylation sites (tertiary alicyclic amines) is 2. The fourth-order valence-electron chi connectivity index (χ4n) is 5.11. The fraction of sp³-hybridized carbons (Fsp3) is 0.556. The Labute approximate surface area is 200 Å². The molecule has 1 N–H and O–H groups in total. The molecule has 0 atom stereocenters. The van der Waals surface area contributed by atoms with E-state index in [4.69, 9.17) is 0 Å². The Balaban J connectivity index is 1.15. The van der Waals surface area contributed by atoms with Crippen molar-refractivity contribution in [3.63, 3.8) is 0 Å². The Kier molecular flexibility index (Phi) is 8.58. The molecule has 33 heavy (non-hydrogen) atoms. The van der Waals surface area contributed by atoms with Gasteiger partial charge in [-0.15, -0.1) is 0 Å². The minimum Gasteiger partial charge on any atom is -0.303 e. The van der Waals surface area contributed by atoms with Crippen LogP contribution in [0.3, 0.4) is 0 Å². The van der Waals surface area contributed by atoms with Crippen LogP contribution in [0.5, 0.6) is 0 Å². The van der Waals surface area contributed by atoms with Crippen molar-refractivity contribution in [3.8, 4) is 11.1 Å². The second-order valence-corrected chi connectivity index (χ2v) is 11.4. The van der Waals surface area contributed by atoms with Crippen molar-refractivity contribution in [2.45, 2.75) is 62.8 Å². The maximum atomic E-state index is 12.6. The first kappa shape index (κ1) is 24.4. The van der Waals surface area contributed by atoms with E-state index in [9.17, 15) is 8.42 Å². The highest BCUT2D eigenvalue weighted by atomic mass is 32.2. The van der Waals surface area contributed by atoms with Crippen molar-refractivity contribution in [2.75, 3.05) is 39.3 Å². The summed E-state index contributed by atoms with van der Waals surface area (Å²) in [5.41, 5.74) is 3.33. The van der Waals surface area contributed by atoms with Crippen LogP contribution in [0.4, 0.5) is 0 Å². The molecular formula is C27H39N3O2S. The summed E-state index contributed by atoms with van der Waals surface area (Å²) in [6, 6.07) is 16.2. The standard InChI is InChI=1S/C27H39N3O2S/c1-23-7-9-24(10-8-23)25-11-13-27(14-12-25)33(31,32)28-17-3-6-18-29-21-15-26(16-22-29)30-19-4-2-5-20-30/h7-14,26,28H,2-6,15-22H2,1H3. The molecule has 0 aliphatic carbocycles. The van der Waals surface area contributed by atoms with Crippen molar-refractivity contribution in [2.24, 2.45) is 0 Å². The number of rotatable bonds is 9. The summed E-state index contributed by atoms with van der Waals surface area (Å²) in [7, 11) is -3.46. The van der Waals surface area contributed by atoms with Crippen molar-refractivity contribution in [1.29, 1.82) is 0 Å². The van der Waals surface area contributed by atoms with Crippen LogP contribution in [-0.2, 0) is 10.0 Å². The zero-order valence-corrected chi connectivity index (χ0v) is 20.8. The summed E-state index contributed by atoms with van der Waals surface area (Å²) in [5.74, 6) is 0. The molecule has 0 radical (unpaired) electrons. The number of aryl methyl sites for hydroxylation is 1. The van der Waals surface area contributed by atoms with Crippen LogP contribution in [0.2, 0.25) is 0 Å². The molecule has 0 bridgehead atoms. The predicted octanol–water partition coefficient (Wildman–Crippen LogP) is 4.67. The molecule has 0 aromatic heterocycles. The van der Waals surface area contributed by atoms with Gasteiger partial charge in [-0.05, 0) is 101 Å². The second kappa shape index (κ2) is 11.6. The highest BCUT2D eigenvalue weighted by Crippen LogP contribution is 2.22. The quantitative estimate of drug-likeness (QED) is 0.542. The van der Waals surface area contributed by atoms with E-state index in [1.165, 1.54) is 63.8 Å². The molecule has 180 valence electrons. The van der Waals surface area contributed by atoms with Gasteiger partial charge in [-0.2, -0.15) is 0 Å². The van der Waals surface area contributed by atoms with E-state index < -0.39 is 10.0 Å². The smallest absolute Gasteiger partial charge is 0.240 e. The van der Waals surface area contributed by atoms with Crippen LogP contribution in [0, 0.1) is 6.92 Å². The first-order valence-corrected chi connectivity index (χ1v) is 14.1. The number of sulfonamides is 1. The average molecular weight is 470 g/mol. The van der Waals surface area contributed by atoms with E-state index in [0.717, 1.165) is 36.6 Å². The Morgan fingerprint density at radius 1 is 0.818 bits per heavy atom. The lowest BCUT2D eigenvalue weighted by Crippen LogP contribution is -2.46. The molecule has 2 fully saturated rings. The molecule has 2 aliphatic rings. The Bertz CT molecular complexity index is 959. The number of hydrogen-bond donors (Lipinski definition) is 1. The Morgan fingerprint density at radius 2 is 1.42 bits per heavy atom. The van der Waals surface area contributed by atoms with Crippen molar-refractivity contribution >= 4 is 10.0 Å². The number of piperidine rings is 2. The number of nitrogens with zero attached hydrogens (tertiary/aromatic N) is 2. The lowest BCUT2D eigenvalue weighted by molar-refractivity contribution is 0.0919. The topological polar surface area (TPSA) is 52.7 Å². The molecular weight excluding hydrogens is 430 g/mol. The van der Waals surface area contributed by atoms with Crippen LogP contribution in [0.1, 0.15) is 50.5 Å². The molecule has 5 nitrogen and oxygen atoms in total. The van der Waals surface area contributed by atoms with Gasteiger partial charge in [0.25, 0.3) is 0 Å². The number of hydrogen-bond acceptors (Lipinski definition) is 4. The van der Waals surface area contributed by atoms with Gasteiger partial charge in [-0.1, -0.05) is 48.4 Å². The van der Waals surface area contributed by atoms with E-state index in [-0.39, 0.29) is 0 Å². The normalized spacial score (nSPS) is 19.1. The monoisotopic (exact) mass is 469 g/mol. The summed E-state index contributed by atoms with van der Waals surface area (Å²) in [6.07, 6.45) is 8.60. The van der Waals surface area contributed by atoms with E-state index in [0.29, 0.717) is 11.4 Å².